The maximum atomic E-state index is 11.4. The number of carbonyl (C=O) groups excluding carboxylic acids is 2. The first-order valence-corrected chi connectivity index (χ1v) is 6.25. The number of rotatable bonds is 6. The van der Waals surface area contributed by atoms with Crippen LogP contribution in [0.2, 0.25) is 0 Å². The van der Waals surface area contributed by atoms with Crippen molar-refractivity contribution in [2.75, 3.05) is 13.2 Å². The largest absolute Gasteiger partial charge is 0.465 e. The fraction of sp³-hybridized carbons (Fsp3) is 0.429. The molecule has 0 aliphatic rings. The summed E-state index contributed by atoms with van der Waals surface area (Å²) >= 11 is 0. The third-order valence-electron chi connectivity index (χ3n) is 2.36. The highest BCUT2D eigenvalue weighted by Crippen LogP contribution is 2.05. The Morgan fingerprint density at radius 2 is 1.95 bits per heavy atom. The van der Waals surface area contributed by atoms with E-state index in [1.807, 2.05) is 30.3 Å². The van der Waals surface area contributed by atoms with Crippen molar-refractivity contribution in [3.63, 3.8) is 0 Å². The zero-order chi connectivity index (χ0) is 14.1. The minimum Gasteiger partial charge on any atom is -0.465 e. The van der Waals surface area contributed by atoms with Crippen LogP contribution in [0.15, 0.2) is 30.3 Å². The smallest absolute Gasteiger partial charge is 0.407 e. The predicted octanol–water partition coefficient (Wildman–Crippen LogP) is 1.91. The van der Waals surface area contributed by atoms with Gasteiger partial charge in [-0.1, -0.05) is 30.3 Å². The normalized spacial score (nSPS) is 11.5. The van der Waals surface area contributed by atoms with E-state index in [2.05, 4.69) is 10.1 Å². The van der Waals surface area contributed by atoms with Gasteiger partial charge in [-0.25, -0.2) is 4.79 Å². The van der Waals surface area contributed by atoms with Gasteiger partial charge in [-0.2, -0.15) is 0 Å². The summed E-state index contributed by atoms with van der Waals surface area (Å²) in [5.74, 6) is -0.477. The first kappa shape index (κ1) is 15.0. The fourth-order valence-electron chi connectivity index (χ4n) is 1.57. The molecule has 19 heavy (non-hydrogen) atoms. The van der Waals surface area contributed by atoms with Crippen molar-refractivity contribution in [1.82, 2.24) is 5.32 Å². The van der Waals surface area contributed by atoms with Gasteiger partial charge >= 0.3 is 12.1 Å². The Morgan fingerprint density at radius 3 is 2.58 bits per heavy atom. The van der Waals surface area contributed by atoms with Gasteiger partial charge in [0.1, 0.15) is 12.6 Å². The molecule has 0 spiro atoms. The molecule has 0 saturated heterocycles. The van der Waals surface area contributed by atoms with Crippen molar-refractivity contribution in [2.24, 2.45) is 0 Å². The second-order valence-electron chi connectivity index (χ2n) is 4.06. The molecule has 0 aromatic heterocycles. The lowest BCUT2D eigenvalue weighted by molar-refractivity contribution is -0.141. The van der Waals surface area contributed by atoms with E-state index in [4.69, 9.17) is 4.74 Å². The topological polar surface area (TPSA) is 64.6 Å². The summed E-state index contributed by atoms with van der Waals surface area (Å²) in [6.07, 6.45) is -0.241. The van der Waals surface area contributed by atoms with Crippen LogP contribution in [0.25, 0.3) is 0 Å². The SMILES string of the molecule is CCOC(=O)CNC(=O)OC(C)Cc1ccccc1. The van der Waals surface area contributed by atoms with Gasteiger partial charge in [0, 0.05) is 6.42 Å². The van der Waals surface area contributed by atoms with Crippen LogP contribution in [0.5, 0.6) is 0 Å². The summed E-state index contributed by atoms with van der Waals surface area (Å²) in [5, 5.41) is 2.35. The molecule has 1 aromatic carbocycles. The van der Waals surface area contributed by atoms with Gasteiger partial charge in [0.25, 0.3) is 0 Å². The van der Waals surface area contributed by atoms with E-state index >= 15 is 0 Å². The summed E-state index contributed by atoms with van der Waals surface area (Å²) in [5.41, 5.74) is 1.09. The van der Waals surface area contributed by atoms with Gasteiger partial charge in [-0.05, 0) is 19.4 Å². The predicted molar refractivity (Wildman–Crippen MR) is 70.7 cm³/mol. The maximum Gasteiger partial charge on any atom is 0.407 e. The number of ether oxygens (including phenoxy) is 2. The average molecular weight is 265 g/mol. The molecule has 1 N–H and O–H groups in total. The summed E-state index contributed by atoms with van der Waals surface area (Å²) < 4.78 is 9.81. The van der Waals surface area contributed by atoms with E-state index in [-0.39, 0.29) is 12.6 Å². The number of benzene rings is 1. The second kappa shape index (κ2) is 8.13. The lowest BCUT2D eigenvalue weighted by Gasteiger charge is -2.13. The standard InChI is InChI=1S/C14H19NO4/c1-3-18-13(16)10-15-14(17)19-11(2)9-12-7-5-4-6-8-12/h4-8,11H,3,9-10H2,1-2H3,(H,15,17). The van der Waals surface area contributed by atoms with Crippen molar-refractivity contribution in [3.8, 4) is 0 Å². The Labute approximate surface area is 112 Å². The number of esters is 1. The van der Waals surface area contributed by atoms with Gasteiger partial charge in [0.05, 0.1) is 6.61 Å². The lowest BCUT2D eigenvalue weighted by Crippen LogP contribution is -2.33. The van der Waals surface area contributed by atoms with Gasteiger partial charge < -0.3 is 14.8 Å². The monoisotopic (exact) mass is 265 g/mol. The second-order valence-corrected chi connectivity index (χ2v) is 4.06. The third kappa shape index (κ3) is 6.45. The molecule has 0 saturated carbocycles. The molecule has 104 valence electrons. The molecule has 0 bridgehead atoms. The van der Waals surface area contributed by atoms with E-state index < -0.39 is 12.1 Å². The molecule has 1 aromatic rings. The zero-order valence-electron chi connectivity index (χ0n) is 11.2. The zero-order valence-corrected chi connectivity index (χ0v) is 11.2. The van der Waals surface area contributed by atoms with E-state index in [1.54, 1.807) is 13.8 Å². The number of hydrogen-bond donors (Lipinski definition) is 1. The quantitative estimate of drug-likeness (QED) is 0.798. The Morgan fingerprint density at radius 1 is 1.26 bits per heavy atom. The number of hydrogen-bond acceptors (Lipinski definition) is 4. The maximum absolute atomic E-state index is 11.4. The molecule has 5 heteroatoms. The molecule has 1 atom stereocenters. The van der Waals surface area contributed by atoms with Crippen LogP contribution >= 0.6 is 0 Å². The van der Waals surface area contributed by atoms with Crippen LogP contribution in [-0.2, 0) is 20.7 Å². The average Bonchev–Trinajstić information content (AvgIpc) is 2.38. The van der Waals surface area contributed by atoms with Gasteiger partial charge in [0.2, 0.25) is 0 Å². The molecule has 0 heterocycles. The highest BCUT2D eigenvalue weighted by atomic mass is 16.6. The first-order valence-electron chi connectivity index (χ1n) is 6.25. The summed E-state index contributed by atoms with van der Waals surface area (Å²) in [7, 11) is 0. The Balaban J connectivity index is 2.26. The highest BCUT2D eigenvalue weighted by molar-refractivity contribution is 5.77. The van der Waals surface area contributed by atoms with Crippen LogP contribution in [0.4, 0.5) is 4.79 Å². The van der Waals surface area contributed by atoms with Crippen molar-refractivity contribution >= 4 is 12.1 Å². The molecular formula is C14H19NO4. The molecular weight excluding hydrogens is 246 g/mol. The minimum absolute atomic E-state index is 0.176. The third-order valence-corrected chi connectivity index (χ3v) is 2.36. The Kier molecular flexibility index (Phi) is 6.43. The molecule has 0 aliphatic heterocycles. The van der Waals surface area contributed by atoms with Gasteiger partial charge in [-0.3, -0.25) is 4.79 Å². The first-order chi connectivity index (χ1) is 9.11. The summed E-state index contributed by atoms with van der Waals surface area (Å²) in [4.78, 5) is 22.4. The number of alkyl carbamates (subject to hydrolysis) is 1. The number of nitrogens with one attached hydrogen (secondary N) is 1. The van der Waals surface area contributed by atoms with Crippen molar-refractivity contribution in [3.05, 3.63) is 35.9 Å². The Hall–Kier alpha value is -2.04. The van der Waals surface area contributed by atoms with Crippen molar-refractivity contribution in [2.45, 2.75) is 26.4 Å². The molecule has 1 amide bonds. The van der Waals surface area contributed by atoms with E-state index in [1.165, 1.54) is 0 Å². The highest BCUT2D eigenvalue weighted by Gasteiger charge is 2.11. The number of carbonyl (C=O) groups is 2. The van der Waals surface area contributed by atoms with Crippen molar-refractivity contribution < 1.29 is 19.1 Å². The molecule has 0 fully saturated rings. The van der Waals surface area contributed by atoms with E-state index in [9.17, 15) is 9.59 Å². The minimum atomic E-state index is -0.614. The molecule has 5 nitrogen and oxygen atoms in total. The van der Waals surface area contributed by atoms with Crippen LogP contribution in [0.3, 0.4) is 0 Å². The summed E-state index contributed by atoms with van der Waals surface area (Å²) in [6.45, 7) is 3.62. The molecule has 1 unspecified atom stereocenters. The van der Waals surface area contributed by atoms with Gasteiger partial charge in [0.15, 0.2) is 0 Å². The lowest BCUT2D eigenvalue weighted by atomic mass is 10.1. The van der Waals surface area contributed by atoms with E-state index in [0.29, 0.717) is 13.0 Å². The van der Waals surface area contributed by atoms with Crippen LogP contribution < -0.4 is 5.32 Å². The Bertz CT molecular complexity index is 405. The molecule has 0 radical (unpaired) electrons. The summed E-state index contributed by atoms with van der Waals surface area (Å²) in [6, 6.07) is 9.74. The molecule has 0 aliphatic carbocycles. The number of amides is 1. The van der Waals surface area contributed by atoms with Crippen LogP contribution in [0.1, 0.15) is 19.4 Å². The van der Waals surface area contributed by atoms with Gasteiger partial charge in [-0.15, -0.1) is 0 Å². The fourth-order valence-corrected chi connectivity index (χ4v) is 1.57. The van der Waals surface area contributed by atoms with Crippen LogP contribution in [-0.4, -0.2) is 31.3 Å². The van der Waals surface area contributed by atoms with E-state index in [0.717, 1.165) is 5.56 Å². The van der Waals surface area contributed by atoms with Crippen molar-refractivity contribution in [1.29, 1.82) is 0 Å². The van der Waals surface area contributed by atoms with Crippen LogP contribution in [0, 0.1) is 0 Å². The molecule has 1 rings (SSSR count).